The Morgan fingerprint density at radius 2 is 2.24 bits per heavy atom. The lowest BCUT2D eigenvalue weighted by atomic mass is 10.1. The summed E-state index contributed by atoms with van der Waals surface area (Å²) in [5.41, 5.74) is 1.52. The van der Waals surface area contributed by atoms with Gasteiger partial charge in [0.15, 0.2) is 0 Å². The summed E-state index contributed by atoms with van der Waals surface area (Å²) in [4.78, 5) is 11.5. The van der Waals surface area contributed by atoms with Crippen LogP contribution in [0.5, 0.6) is 5.75 Å². The Balaban J connectivity index is 2.30. The van der Waals surface area contributed by atoms with Crippen molar-refractivity contribution in [2.24, 2.45) is 0 Å². The molecule has 0 saturated heterocycles. The van der Waals surface area contributed by atoms with Crippen molar-refractivity contribution < 1.29 is 9.90 Å². The van der Waals surface area contributed by atoms with E-state index in [4.69, 9.17) is 0 Å². The van der Waals surface area contributed by atoms with Gasteiger partial charge in [-0.1, -0.05) is 12.1 Å². The van der Waals surface area contributed by atoms with Gasteiger partial charge in [0.2, 0.25) is 0 Å². The van der Waals surface area contributed by atoms with E-state index in [0.29, 0.717) is 23.5 Å². The normalized spacial score (nSPS) is 10.2. The molecule has 0 aliphatic rings. The van der Waals surface area contributed by atoms with Crippen LogP contribution in [0.15, 0.2) is 30.3 Å². The maximum absolute atomic E-state index is 11.5. The number of H-pyrrole nitrogens is 1. The Labute approximate surface area is 98.5 Å². The number of aromatic amines is 1. The maximum Gasteiger partial charge on any atom is 0.269 e. The summed E-state index contributed by atoms with van der Waals surface area (Å²) in [6.45, 7) is 2.40. The Kier molecular flexibility index (Phi) is 3.09. The molecule has 0 aliphatic carbocycles. The minimum absolute atomic E-state index is 0.140. The van der Waals surface area contributed by atoms with Crippen LogP contribution in [0.1, 0.15) is 17.4 Å². The Hall–Kier alpha value is -2.30. The quantitative estimate of drug-likeness (QED) is 0.749. The largest absolute Gasteiger partial charge is 0.507 e. The van der Waals surface area contributed by atoms with Gasteiger partial charge < -0.3 is 10.4 Å². The zero-order valence-corrected chi connectivity index (χ0v) is 9.40. The first-order valence-corrected chi connectivity index (χ1v) is 5.34. The number of aromatic hydroxyl groups is 1. The van der Waals surface area contributed by atoms with Gasteiger partial charge in [-0.25, -0.2) is 0 Å². The third kappa shape index (κ3) is 2.28. The van der Waals surface area contributed by atoms with Crippen molar-refractivity contribution in [2.75, 3.05) is 6.54 Å². The Morgan fingerprint density at radius 1 is 1.47 bits per heavy atom. The van der Waals surface area contributed by atoms with Gasteiger partial charge in [0.25, 0.3) is 5.91 Å². The molecule has 17 heavy (non-hydrogen) atoms. The third-order valence-corrected chi connectivity index (χ3v) is 2.34. The lowest BCUT2D eigenvalue weighted by Gasteiger charge is -1.98. The van der Waals surface area contributed by atoms with E-state index in [-0.39, 0.29) is 11.7 Å². The fourth-order valence-electron chi connectivity index (χ4n) is 1.52. The second-order valence-electron chi connectivity index (χ2n) is 3.54. The highest BCUT2D eigenvalue weighted by molar-refractivity contribution is 5.93. The number of phenols is 1. The van der Waals surface area contributed by atoms with Crippen molar-refractivity contribution in [3.63, 3.8) is 0 Å². The van der Waals surface area contributed by atoms with E-state index in [2.05, 4.69) is 15.5 Å². The Morgan fingerprint density at radius 3 is 2.94 bits per heavy atom. The standard InChI is InChI=1S/C12H13N3O2/c1-2-13-12(17)10-7-9(14-15-10)8-5-3-4-6-11(8)16/h3-7,16H,2H2,1H3,(H,13,17)(H,14,15). The smallest absolute Gasteiger partial charge is 0.269 e. The molecule has 1 aromatic carbocycles. The molecule has 1 amide bonds. The number of carbonyl (C=O) groups is 1. The first-order valence-electron chi connectivity index (χ1n) is 5.34. The van der Waals surface area contributed by atoms with Crippen LogP contribution in [0.4, 0.5) is 0 Å². The summed E-state index contributed by atoms with van der Waals surface area (Å²) < 4.78 is 0. The van der Waals surface area contributed by atoms with Gasteiger partial charge >= 0.3 is 0 Å². The molecule has 0 unspecified atom stereocenters. The number of rotatable bonds is 3. The summed E-state index contributed by atoms with van der Waals surface area (Å²) in [7, 11) is 0. The van der Waals surface area contributed by atoms with E-state index >= 15 is 0 Å². The van der Waals surface area contributed by atoms with E-state index < -0.39 is 0 Å². The topological polar surface area (TPSA) is 78.0 Å². The maximum atomic E-state index is 11.5. The minimum Gasteiger partial charge on any atom is -0.507 e. The van der Waals surface area contributed by atoms with Gasteiger partial charge in [-0.05, 0) is 25.1 Å². The van der Waals surface area contributed by atoms with Crippen LogP contribution in [-0.4, -0.2) is 27.8 Å². The molecule has 0 radical (unpaired) electrons. The molecule has 88 valence electrons. The number of carbonyl (C=O) groups excluding carboxylic acids is 1. The third-order valence-electron chi connectivity index (χ3n) is 2.34. The molecule has 0 aliphatic heterocycles. The molecule has 1 aromatic heterocycles. The zero-order chi connectivity index (χ0) is 12.3. The first-order chi connectivity index (χ1) is 8.22. The molecular formula is C12H13N3O2. The number of phenolic OH excluding ortho intramolecular Hbond substituents is 1. The molecule has 1 heterocycles. The molecule has 5 heteroatoms. The number of para-hydroxylation sites is 1. The summed E-state index contributed by atoms with van der Waals surface area (Å²) in [5, 5.41) is 19.0. The summed E-state index contributed by atoms with van der Waals surface area (Å²) in [6.07, 6.45) is 0. The fraction of sp³-hybridized carbons (Fsp3) is 0.167. The van der Waals surface area contributed by atoms with Crippen LogP contribution in [0, 0.1) is 0 Å². The molecule has 3 N–H and O–H groups in total. The average Bonchev–Trinajstić information content (AvgIpc) is 2.79. The van der Waals surface area contributed by atoms with Gasteiger partial charge in [-0.3, -0.25) is 9.89 Å². The predicted molar refractivity (Wildman–Crippen MR) is 63.7 cm³/mol. The molecule has 2 rings (SSSR count). The predicted octanol–water partition coefficient (Wildman–Crippen LogP) is 1.53. The lowest BCUT2D eigenvalue weighted by Crippen LogP contribution is -2.22. The molecular weight excluding hydrogens is 218 g/mol. The highest BCUT2D eigenvalue weighted by Crippen LogP contribution is 2.27. The lowest BCUT2D eigenvalue weighted by molar-refractivity contribution is 0.0951. The van der Waals surface area contributed by atoms with Crippen molar-refractivity contribution in [1.82, 2.24) is 15.5 Å². The van der Waals surface area contributed by atoms with Crippen molar-refractivity contribution in [3.8, 4) is 17.0 Å². The van der Waals surface area contributed by atoms with Crippen LogP contribution in [0.2, 0.25) is 0 Å². The first kappa shape index (κ1) is 11.2. The number of nitrogens with zero attached hydrogens (tertiary/aromatic N) is 1. The molecule has 0 saturated carbocycles. The van der Waals surface area contributed by atoms with Crippen LogP contribution >= 0.6 is 0 Å². The minimum atomic E-state index is -0.207. The number of hydrogen-bond acceptors (Lipinski definition) is 3. The van der Waals surface area contributed by atoms with Crippen LogP contribution in [-0.2, 0) is 0 Å². The molecule has 0 spiro atoms. The average molecular weight is 231 g/mol. The monoisotopic (exact) mass is 231 g/mol. The molecule has 0 bridgehead atoms. The van der Waals surface area contributed by atoms with Gasteiger partial charge in [0.1, 0.15) is 11.4 Å². The number of benzene rings is 1. The molecule has 5 nitrogen and oxygen atoms in total. The number of amides is 1. The van der Waals surface area contributed by atoms with Crippen LogP contribution in [0.25, 0.3) is 11.3 Å². The second kappa shape index (κ2) is 4.69. The van der Waals surface area contributed by atoms with Gasteiger partial charge in [-0.2, -0.15) is 5.10 Å². The SMILES string of the molecule is CCNC(=O)c1cc(-c2ccccc2O)n[nH]1. The van der Waals surface area contributed by atoms with E-state index in [1.54, 1.807) is 30.3 Å². The van der Waals surface area contributed by atoms with Gasteiger partial charge in [0.05, 0.1) is 5.69 Å². The van der Waals surface area contributed by atoms with Crippen LogP contribution in [0.3, 0.4) is 0 Å². The van der Waals surface area contributed by atoms with Crippen molar-refractivity contribution in [3.05, 3.63) is 36.0 Å². The van der Waals surface area contributed by atoms with Gasteiger partial charge in [0, 0.05) is 12.1 Å². The fourth-order valence-corrected chi connectivity index (χ4v) is 1.52. The van der Waals surface area contributed by atoms with E-state index in [1.807, 2.05) is 6.92 Å². The molecule has 0 fully saturated rings. The summed E-state index contributed by atoms with van der Waals surface area (Å²) >= 11 is 0. The number of hydrogen-bond donors (Lipinski definition) is 3. The summed E-state index contributed by atoms with van der Waals surface area (Å²) in [6, 6.07) is 8.47. The summed E-state index contributed by atoms with van der Waals surface area (Å²) in [5.74, 6) is -0.0666. The zero-order valence-electron chi connectivity index (χ0n) is 9.40. The number of nitrogens with one attached hydrogen (secondary N) is 2. The Bertz CT molecular complexity index is 534. The van der Waals surface area contributed by atoms with Gasteiger partial charge in [-0.15, -0.1) is 0 Å². The number of aromatic nitrogens is 2. The van der Waals surface area contributed by atoms with Crippen LogP contribution < -0.4 is 5.32 Å². The molecule has 0 atom stereocenters. The van der Waals surface area contributed by atoms with Crippen molar-refractivity contribution in [2.45, 2.75) is 6.92 Å². The van der Waals surface area contributed by atoms with E-state index in [1.165, 1.54) is 0 Å². The second-order valence-corrected chi connectivity index (χ2v) is 3.54. The highest BCUT2D eigenvalue weighted by Gasteiger charge is 2.11. The van der Waals surface area contributed by atoms with Crippen molar-refractivity contribution in [1.29, 1.82) is 0 Å². The molecule has 2 aromatic rings. The van der Waals surface area contributed by atoms with E-state index in [9.17, 15) is 9.90 Å². The highest BCUT2D eigenvalue weighted by atomic mass is 16.3. The van der Waals surface area contributed by atoms with Crippen molar-refractivity contribution >= 4 is 5.91 Å². The van der Waals surface area contributed by atoms with E-state index in [0.717, 1.165) is 0 Å².